The van der Waals surface area contributed by atoms with E-state index in [1.807, 2.05) is 24.3 Å². The third-order valence-corrected chi connectivity index (χ3v) is 3.15. The Bertz CT molecular complexity index is 569. The molecule has 0 radical (unpaired) electrons. The van der Waals surface area contributed by atoms with Crippen LogP contribution in [0, 0.1) is 3.57 Å². The number of rotatable bonds is 3. The summed E-state index contributed by atoms with van der Waals surface area (Å²) in [5, 5.41) is 3.91. The maximum Gasteiger partial charge on any atom is 0.289 e. The Morgan fingerprint density at radius 3 is 2.72 bits per heavy atom. The van der Waals surface area contributed by atoms with E-state index in [0.29, 0.717) is 5.69 Å². The Kier molecular flexibility index (Phi) is 4.40. The fraction of sp³-hybridized carbons (Fsp3) is 0. The zero-order valence-electron chi connectivity index (χ0n) is 9.38. The van der Waals surface area contributed by atoms with Gasteiger partial charge >= 0.3 is 0 Å². The molecular formula is C13H10IN3O. The first-order valence-corrected chi connectivity index (χ1v) is 6.34. The lowest BCUT2D eigenvalue weighted by Crippen LogP contribution is -2.18. The number of aromatic nitrogens is 1. The summed E-state index contributed by atoms with van der Waals surface area (Å²) in [6, 6.07) is 12.9. The minimum Gasteiger partial charge on any atom is -0.266 e. The van der Waals surface area contributed by atoms with E-state index in [1.165, 1.54) is 0 Å². The lowest BCUT2D eigenvalue weighted by molar-refractivity contribution is 0.0950. The van der Waals surface area contributed by atoms with Crippen LogP contribution in [0.4, 0.5) is 0 Å². The summed E-state index contributed by atoms with van der Waals surface area (Å²) in [6.07, 6.45) is 3.18. The molecule has 4 nitrogen and oxygen atoms in total. The molecule has 0 saturated carbocycles. The monoisotopic (exact) mass is 351 g/mol. The number of carbonyl (C=O) groups is 1. The van der Waals surface area contributed by atoms with Crippen LogP contribution < -0.4 is 5.43 Å². The summed E-state index contributed by atoms with van der Waals surface area (Å²) in [5.74, 6) is -0.321. The van der Waals surface area contributed by atoms with Crippen LogP contribution in [0.3, 0.4) is 0 Å². The summed E-state index contributed by atoms with van der Waals surface area (Å²) in [7, 11) is 0. The van der Waals surface area contributed by atoms with Gasteiger partial charge in [-0.15, -0.1) is 0 Å². The number of pyridine rings is 1. The van der Waals surface area contributed by atoms with E-state index in [1.54, 1.807) is 30.6 Å². The second kappa shape index (κ2) is 6.25. The van der Waals surface area contributed by atoms with Crippen molar-refractivity contribution in [3.8, 4) is 0 Å². The van der Waals surface area contributed by atoms with Gasteiger partial charge in [0, 0.05) is 15.3 Å². The Balaban J connectivity index is 2.00. The van der Waals surface area contributed by atoms with Crippen molar-refractivity contribution in [1.29, 1.82) is 0 Å². The minimum atomic E-state index is -0.321. The van der Waals surface area contributed by atoms with Gasteiger partial charge < -0.3 is 0 Å². The van der Waals surface area contributed by atoms with Crippen LogP contribution >= 0.6 is 22.6 Å². The average molecular weight is 351 g/mol. The van der Waals surface area contributed by atoms with Crippen molar-refractivity contribution in [2.24, 2.45) is 5.10 Å². The molecule has 5 heteroatoms. The molecule has 18 heavy (non-hydrogen) atoms. The van der Waals surface area contributed by atoms with E-state index < -0.39 is 0 Å². The third-order valence-electron chi connectivity index (χ3n) is 2.17. The highest BCUT2D eigenvalue weighted by Gasteiger charge is 2.03. The molecule has 2 aromatic rings. The van der Waals surface area contributed by atoms with Crippen LogP contribution in [0.5, 0.6) is 0 Å². The Labute approximate surface area is 118 Å². The van der Waals surface area contributed by atoms with Crippen LogP contribution in [-0.2, 0) is 0 Å². The zero-order chi connectivity index (χ0) is 12.8. The van der Waals surface area contributed by atoms with Crippen molar-refractivity contribution >= 4 is 34.7 Å². The smallest absolute Gasteiger partial charge is 0.266 e. The molecule has 0 atom stereocenters. The summed E-state index contributed by atoms with van der Waals surface area (Å²) >= 11 is 2.21. The first-order chi connectivity index (χ1) is 8.77. The van der Waals surface area contributed by atoms with Gasteiger partial charge in [-0.25, -0.2) is 5.43 Å². The van der Waals surface area contributed by atoms with Crippen molar-refractivity contribution in [2.75, 3.05) is 0 Å². The van der Waals surface area contributed by atoms with Gasteiger partial charge in [0.1, 0.15) is 5.69 Å². The van der Waals surface area contributed by atoms with Crippen LogP contribution in [0.2, 0.25) is 0 Å². The zero-order valence-corrected chi connectivity index (χ0v) is 11.5. The summed E-state index contributed by atoms with van der Waals surface area (Å²) in [5.41, 5.74) is 3.74. The van der Waals surface area contributed by atoms with Crippen molar-refractivity contribution in [3.63, 3.8) is 0 Å². The topological polar surface area (TPSA) is 54.4 Å². The molecule has 0 aliphatic carbocycles. The van der Waals surface area contributed by atoms with E-state index in [0.717, 1.165) is 9.13 Å². The fourth-order valence-corrected chi connectivity index (χ4v) is 1.82. The van der Waals surface area contributed by atoms with E-state index >= 15 is 0 Å². The van der Waals surface area contributed by atoms with E-state index in [4.69, 9.17) is 0 Å². The molecular weight excluding hydrogens is 341 g/mol. The number of halogens is 1. The van der Waals surface area contributed by atoms with Gasteiger partial charge in [0.15, 0.2) is 0 Å². The summed E-state index contributed by atoms with van der Waals surface area (Å²) < 4.78 is 1.07. The first-order valence-electron chi connectivity index (χ1n) is 5.26. The highest BCUT2D eigenvalue weighted by molar-refractivity contribution is 14.1. The minimum absolute atomic E-state index is 0.321. The van der Waals surface area contributed by atoms with Crippen LogP contribution in [0.1, 0.15) is 16.1 Å². The summed E-state index contributed by atoms with van der Waals surface area (Å²) in [6.45, 7) is 0. The molecule has 0 aliphatic rings. The molecule has 1 aromatic carbocycles. The summed E-state index contributed by atoms with van der Waals surface area (Å²) in [4.78, 5) is 15.6. The number of carbonyl (C=O) groups excluding carboxylic acids is 1. The lowest BCUT2D eigenvalue weighted by Gasteiger charge is -1.99. The van der Waals surface area contributed by atoms with Crippen molar-refractivity contribution in [2.45, 2.75) is 0 Å². The maximum absolute atomic E-state index is 11.6. The standard InChI is InChI=1S/C13H10IN3O/c14-11-6-2-1-5-10(11)9-16-17-13(18)12-7-3-4-8-15-12/h1-9H,(H,17,18)/b16-9-. The van der Waals surface area contributed by atoms with Gasteiger partial charge in [0.2, 0.25) is 0 Å². The van der Waals surface area contributed by atoms with Gasteiger partial charge in [0.25, 0.3) is 5.91 Å². The SMILES string of the molecule is O=C(N/N=C\c1ccccc1I)c1ccccn1. The Hall–Kier alpha value is -1.76. The fourth-order valence-electron chi connectivity index (χ4n) is 1.29. The van der Waals surface area contributed by atoms with E-state index in [-0.39, 0.29) is 5.91 Å². The number of amides is 1. The largest absolute Gasteiger partial charge is 0.289 e. The molecule has 2 rings (SSSR count). The van der Waals surface area contributed by atoms with Crippen molar-refractivity contribution in [1.82, 2.24) is 10.4 Å². The van der Waals surface area contributed by atoms with Crippen LogP contribution in [0.15, 0.2) is 53.8 Å². The number of benzene rings is 1. The molecule has 0 saturated heterocycles. The predicted molar refractivity (Wildman–Crippen MR) is 78.5 cm³/mol. The van der Waals surface area contributed by atoms with Crippen LogP contribution in [-0.4, -0.2) is 17.1 Å². The number of nitrogens with zero attached hydrogens (tertiary/aromatic N) is 2. The molecule has 0 fully saturated rings. The predicted octanol–water partition coefficient (Wildman–Crippen LogP) is 2.45. The molecule has 0 bridgehead atoms. The lowest BCUT2D eigenvalue weighted by atomic mass is 10.2. The van der Waals surface area contributed by atoms with Crippen molar-refractivity contribution in [3.05, 3.63) is 63.5 Å². The maximum atomic E-state index is 11.6. The molecule has 0 spiro atoms. The molecule has 1 heterocycles. The molecule has 0 unspecified atom stereocenters. The van der Waals surface area contributed by atoms with Gasteiger partial charge in [-0.1, -0.05) is 24.3 Å². The van der Waals surface area contributed by atoms with Gasteiger partial charge in [-0.3, -0.25) is 9.78 Å². The normalized spacial score (nSPS) is 10.5. The van der Waals surface area contributed by atoms with Crippen molar-refractivity contribution < 1.29 is 4.79 Å². The highest BCUT2D eigenvalue weighted by atomic mass is 127. The van der Waals surface area contributed by atoms with E-state index in [9.17, 15) is 4.79 Å². The second-order valence-corrected chi connectivity index (χ2v) is 4.60. The molecule has 1 aromatic heterocycles. The van der Waals surface area contributed by atoms with Gasteiger partial charge in [0.05, 0.1) is 6.21 Å². The number of hydrogen-bond acceptors (Lipinski definition) is 3. The second-order valence-electron chi connectivity index (χ2n) is 3.44. The first kappa shape index (κ1) is 12.7. The molecule has 1 N–H and O–H groups in total. The number of hydrogen-bond donors (Lipinski definition) is 1. The number of nitrogens with one attached hydrogen (secondary N) is 1. The quantitative estimate of drug-likeness (QED) is 0.525. The highest BCUT2D eigenvalue weighted by Crippen LogP contribution is 2.08. The Morgan fingerprint density at radius 2 is 2.00 bits per heavy atom. The number of hydrazone groups is 1. The molecule has 0 aliphatic heterocycles. The third kappa shape index (κ3) is 3.36. The Morgan fingerprint density at radius 1 is 1.22 bits per heavy atom. The van der Waals surface area contributed by atoms with Gasteiger partial charge in [-0.05, 0) is 40.8 Å². The van der Waals surface area contributed by atoms with Crippen LogP contribution in [0.25, 0.3) is 0 Å². The average Bonchev–Trinajstić information content (AvgIpc) is 2.42. The van der Waals surface area contributed by atoms with E-state index in [2.05, 4.69) is 38.1 Å². The van der Waals surface area contributed by atoms with Gasteiger partial charge in [-0.2, -0.15) is 5.10 Å². The molecule has 1 amide bonds. The molecule has 90 valence electrons.